The van der Waals surface area contributed by atoms with E-state index < -0.39 is 0 Å². The van der Waals surface area contributed by atoms with Gasteiger partial charge in [-0.1, -0.05) is 67.4 Å². The number of carbonyl (C=O) groups is 1. The first kappa shape index (κ1) is 25.8. The minimum Gasteiger partial charge on any atom is -0.489 e. The predicted octanol–water partition coefficient (Wildman–Crippen LogP) is 7.81. The van der Waals surface area contributed by atoms with Crippen molar-refractivity contribution in [3.63, 3.8) is 0 Å². The summed E-state index contributed by atoms with van der Waals surface area (Å²) < 4.78 is 7.78. The van der Waals surface area contributed by atoms with Gasteiger partial charge in [0, 0.05) is 5.56 Å². The molecule has 36 heavy (non-hydrogen) atoms. The Bertz CT molecular complexity index is 1380. The van der Waals surface area contributed by atoms with E-state index in [1.54, 1.807) is 12.1 Å². The number of hydrogen-bond donors (Lipinski definition) is 1. The van der Waals surface area contributed by atoms with Crippen LogP contribution in [0, 0.1) is 13.8 Å². The smallest absolute Gasteiger partial charge is 0.255 e. The number of ether oxygens (including phenoxy) is 1. The average Bonchev–Trinajstić information content (AvgIpc) is 3.12. The standard InChI is InChI=1S/C29H29Cl2N3O2/c1-18(2)23-9-11-25(12-10-23)36-17-22-6-5-7-24(14-22)29(35)32-28-19(3)33-34(20(28)4)16-21-8-13-26(30)27(31)15-21/h5-15,18H,16-17H2,1-4H3,(H,32,35). The molecule has 0 radical (unpaired) electrons. The van der Waals surface area contributed by atoms with E-state index in [1.807, 2.05) is 61.0 Å². The lowest BCUT2D eigenvalue weighted by Gasteiger charge is -2.11. The number of carbonyl (C=O) groups excluding carboxylic acids is 1. The number of aryl methyl sites for hydroxylation is 1. The number of amides is 1. The third kappa shape index (κ3) is 6.10. The molecule has 5 nitrogen and oxygen atoms in total. The highest BCUT2D eigenvalue weighted by atomic mass is 35.5. The van der Waals surface area contributed by atoms with E-state index in [2.05, 4.69) is 36.4 Å². The number of anilines is 1. The number of halogens is 2. The van der Waals surface area contributed by atoms with Gasteiger partial charge in [-0.05, 0) is 72.9 Å². The maximum atomic E-state index is 13.1. The van der Waals surface area contributed by atoms with Crippen molar-refractivity contribution in [2.45, 2.75) is 46.8 Å². The summed E-state index contributed by atoms with van der Waals surface area (Å²) in [7, 11) is 0. The Morgan fingerprint density at radius 3 is 2.42 bits per heavy atom. The maximum Gasteiger partial charge on any atom is 0.255 e. The fraction of sp³-hybridized carbons (Fsp3) is 0.241. The van der Waals surface area contributed by atoms with E-state index in [0.717, 1.165) is 28.3 Å². The molecule has 0 bridgehead atoms. The van der Waals surface area contributed by atoms with Gasteiger partial charge in [0.25, 0.3) is 5.91 Å². The van der Waals surface area contributed by atoms with E-state index in [4.69, 9.17) is 27.9 Å². The van der Waals surface area contributed by atoms with Crippen molar-refractivity contribution in [2.75, 3.05) is 5.32 Å². The van der Waals surface area contributed by atoms with Crippen molar-refractivity contribution in [3.05, 3.63) is 110 Å². The molecule has 4 rings (SSSR count). The fourth-order valence-corrected chi connectivity index (χ4v) is 4.27. The SMILES string of the molecule is Cc1nn(Cc2ccc(Cl)c(Cl)c2)c(C)c1NC(=O)c1cccc(COc2ccc(C(C)C)cc2)c1. The zero-order valence-corrected chi connectivity index (χ0v) is 22.3. The third-order valence-corrected chi connectivity index (χ3v) is 6.82. The first-order chi connectivity index (χ1) is 17.2. The molecule has 0 saturated carbocycles. The molecule has 1 N–H and O–H groups in total. The molecule has 0 aliphatic heterocycles. The third-order valence-electron chi connectivity index (χ3n) is 6.08. The van der Waals surface area contributed by atoms with E-state index in [1.165, 1.54) is 5.56 Å². The van der Waals surface area contributed by atoms with Gasteiger partial charge < -0.3 is 10.1 Å². The summed E-state index contributed by atoms with van der Waals surface area (Å²) in [6.45, 7) is 9.03. The number of nitrogens with one attached hydrogen (secondary N) is 1. The zero-order valence-electron chi connectivity index (χ0n) is 20.8. The summed E-state index contributed by atoms with van der Waals surface area (Å²) in [5.41, 5.74) is 6.02. The van der Waals surface area contributed by atoms with Crippen molar-refractivity contribution >= 4 is 34.8 Å². The Kier molecular flexibility index (Phi) is 8.02. The van der Waals surface area contributed by atoms with Gasteiger partial charge in [0.1, 0.15) is 12.4 Å². The molecular formula is C29H29Cl2N3O2. The maximum absolute atomic E-state index is 13.1. The van der Waals surface area contributed by atoms with Crippen LogP contribution in [0.2, 0.25) is 10.0 Å². The zero-order chi connectivity index (χ0) is 25.8. The van der Waals surface area contributed by atoms with Gasteiger partial charge >= 0.3 is 0 Å². The molecule has 7 heteroatoms. The second-order valence-electron chi connectivity index (χ2n) is 9.12. The summed E-state index contributed by atoms with van der Waals surface area (Å²) in [5, 5.41) is 8.65. The van der Waals surface area contributed by atoms with Crippen LogP contribution < -0.4 is 10.1 Å². The van der Waals surface area contributed by atoms with E-state index >= 15 is 0 Å². The Balaban J connectivity index is 1.43. The Hall–Kier alpha value is -3.28. The van der Waals surface area contributed by atoms with E-state index in [-0.39, 0.29) is 5.91 Å². The van der Waals surface area contributed by atoms with Gasteiger partial charge in [-0.25, -0.2) is 0 Å². The normalized spacial score (nSPS) is 11.1. The van der Waals surface area contributed by atoms with Crippen LogP contribution in [0.3, 0.4) is 0 Å². The van der Waals surface area contributed by atoms with Crippen molar-refractivity contribution < 1.29 is 9.53 Å². The first-order valence-electron chi connectivity index (χ1n) is 11.8. The van der Waals surface area contributed by atoms with Gasteiger partial charge in [0.2, 0.25) is 0 Å². The summed E-state index contributed by atoms with van der Waals surface area (Å²) >= 11 is 12.2. The number of benzene rings is 3. The molecule has 0 aliphatic carbocycles. The molecule has 0 spiro atoms. The molecule has 186 valence electrons. The van der Waals surface area contributed by atoms with Crippen molar-refractivity contribution in [1.29, 1.82) is 0 Å². The highest BCUT2D eigenvalue weighted by Gasteiger charge is 2.16. The topological polar surface area (TPSA) is 56.2 Å². The van der Waals surface area contributed by atoms with E-state index in [0.29, 0.717) is 40.4 Å². The lowest BCUT2D eigenvalue weighted by Crippen LogP contribution is -2.14. The summed E-state index contributed by atoms with van der Waals surface area (Å²) in [5.74, 6) is 1.08. The van der Waals surface area contributed by atoms with Crippen LogP contribution >= 0.6 is 23.2 Å². The van der Waals surface area contributed by atoms with Crippen molar-refractivity contribution in [3.8, 4) is 5.75 Å². The van der Waals surface area contributed by atoms with Crippen LogP contribution in [-0.4, -0.2) is 15.7 Å². The number of aromatic nitrogens is 2. The van der Waals surface area contributed by atoms with Gasteiger partial charge in [-0.15, -0.1) is 0 Å². The second kappa shape index (κ2) is 11.2. The monoisotopic (exact) mass is 521 g/mol. The van der Waals surface area contributed by atoms with Crippen LogP contribution in [0.25, 0.3) is 0 Å². The number of rotatable bonds is 8. The van der Waals surface area contributed by atoms with Crippen LogP contribution in [0.15, 0.2) is 66.7 Å². The molecular weight excluding hydrogens is 493 g/mol. The Morgan fingerprint density at radius 2 is 1.72 bits per heavy atom. The van der Waals surface area contributed by atoms with Gasteiger partial charge in [0.05, 0.1) is 33.7 Å². The average molecular weight is 522 g/mol. The lowest BCUT2D eigenvalue weighted by atomic mass is 10.0. The largest absolute Gasteiger partial charge is 0.489 e. The van der Waals surface area contributed by atoms with Crippen LogP contribution in [0.1, 0.15) is 58.2 Å². The molecule has 3 aromatic carbocycles. The summed E-state index contributed by atoms with van der Waals surface area (Å²) in [4.78, 5) is 13.1. The fourth-order valence-electron chi connectivity index (χ4n) is 3.95. The molecule has 0 saturated heterocycles. The highest BCUT2D eigenvalue weighted by Crippen LogP contribution is 2.25. The van der Waals surface area contributed by atoms with E-state index in [9.17, 15) is 4.79 Å². The molecule has 0 unspecified atom stereocenters. The molecule has 0 fully saturated rings. The summed E-state index contributed by atoms with van der Waals surface area (Å²) in [6.07, 6.45) is 0. The highest BCUT2D eigenvalue weighted by molar-refractivity contribution is 6.42. The second-order valence-corrected chi connectivity index (χ2v) is 9.93. The predicted molar refractivity (Wildman–Crippen MR) is 147 cm³/mol. The van der Waals surface area contributed by atoms with Crippen molar-refractivity contribution in [2.24, 2.45) is 0 Å². The Labute approximate surface area is 222 Å². The van der Waals surface area contributed by atoms with Gasteiger partial charge in [-0.3, -0.25) is 9.48 Å². The van der Waals surface area contributed by atoms with Gasteiger partial charge in [-0.2, -0.15) is 5.10 Å². The summed E-state index contributed by atoms with van der Waals surface area (Å²) in [6, 6.07) is 21.1. The lowest BCUT2D eigenvalue weighted by molar-refractivity contribution is 0.102. The molecule has 1 amide bonds. The van der Waals surface area contributed by atoms with Crippen LogP contribution in [-0.2, 0) is 13.2 Å². The molecule has 1 aromatic heterocycles. The van der Waals surface area contributed by atoms with Gasteiger partial charge in [0.15, 0.2) is 0 Å². The molecule has 4 aromatic rings. The Morgan fingerprint density at radius 1 is 0.972 bits per heavy atom. The quantitative estimate of drug-likeness (QED) is 0.257. The minimum absolute atomic E-state index is 0.196. The minimum atomic E-state index is -0.196. The first-order valence-corrected chi connectivity index (χ1v) is 12.6. The van der Waals surface area contributed by atoms with Crippen LogP contribution in [0.5, 0.6) is 5.75 Å². The number of nitrogens with zero attached hydrogens (tertiary/aromatic N) is 2. The molecule has 0 atom stereocenters. The number of hydrogen-bond acceptors (Lipinski definition) is 3. The van der Waals surface area contributed by atoms with Crippen molar-refractivity contribution in [1.82, 2.24) is 9.78 Å². The molecule has 0 aliphatic rings. The molecule has 1 heterocycles. The van der Waals surface area contributed by atoms with Crippen LogP contribution in [0.4, 0.5) is 5.69 Å².